The van der Waals surface area contributed by atoms with Crippen LogP contribution in [0, 0.1) is 0 Å². The summed E-state index contributed by atoms with van der Waals surface area (Å²) < 4.78 is 3.05. The van der Waals surface area contributed by atoms with Gasteiger partial charge in [0, 0.05) is 28.2 Å². The SMILES string of the molecule is CN(C)c1nnn([BH2-]n2nnc(N(C)C)n2)n1. The molecule has 0 unspecified atom stereocenters. The lowest BCUT2D eigenvalue weighted by atomic mass is 10.2. The van der Waals surface area contributed by atoms with Gasteiger partial charge in [0.05, 0.1) is 0 Å². The first kappa shape index (κ1) is 11.3. The van der Waals surface area contributed by atoms with Gasteiger partial charge in [-0.25, -0.2) is 0 Å². The molecule has 0 radical (unpaired) electrons. The summed E-state index contributed by atoms with van der Waals surface area (Å²) in [6.07, 6.45) is 0. The Labute approximate surface area is 98.5 Å². The molecule has 17 heavy (non-hydrogen) atoms. The lowest BCUT2D eigenvalue weighted by Gasteiger charge is -2.07. The van der Waals surface area contributed by atoms with Crippen molar-refractivity contribution in [1.29, 1.82) is 0 Å². The van der Waals surface area contributed by atoms with Crippen LogP contribution in [-0.4, -0.2) is 76.0 Å². The molecular formula is C6H14BN10-. The Bertz CT molecular complexity index is 442. The van der Waals surface area contributed by atoms with Crippen LogP contribution in [0.1, 0.15) is 0 Å². The van der Waals surface area contributed by atoms with E-state index >= 15 is 0 Å². The lowest BCUT2D eigenvalue weighted by Crippen LogP contribution is -2.23. The first-order valence-corrected chi connectivity index (χ1v) is 5.22. The summed E-state index contributed by atoms with van der Waals surface area (Å²) in [5, 5.41) is 24.0. The highest BCUT2D eigenvalue weighted by Gasteiger charge is 2.04. The molecule has 0 aliphatic carbocycles. The monoisotopic (exact) mass is 237 g/mol. The van der Waals surface area contributed by atoms with E-state index in [1.54, 1.807) is 9.80 Å². The molecule has 2 aromatic heterocycles. The van der Waals surface area contributed by atoms with Crippen LogP contribution in [0.3, 0.4) is 0 Å². The second-order valence-corrected chi connectivity index (χ2v) is 4.15. The maximum absolute atomic E-state index is 4.19. The molecular weight excluding hydrogens is 223 g/mol. The summed E-state index contributed by atoms with van der Waals surface area (Å²) in [4.78, 5) is 3.57. The fraction of sp³-hybridized carbons (Fsp3) is 0.667. The maximum Gasteiger partial charge on any atom is 0.261 e. The van der Waals surface area contributed by atoms with Gasteiger partial charge >= 0.3 is 0 Å². The third-order valence-electron chi connectivity index (χ3n) is 2.15. The molecule has 0 aliphatic rings. The van der Waals surface area contributed by atoms with Crippen molar-refractivity contribution in [3.05, 3.63) is 0 Å². The molecule has 0 saturated carbocycles. The van der Waals surface area contributed by atoms with Crippen molar-refractivity contribution in [2.24, 2.45) is 0 Å². The van der Waals surface area contributed by atoms with Crippen LogP contribution >= 0.6 is 0 Å². The molecule has 0 spiro atoms. The zero-order valence-electron chi connectivity index (χ0n) is 10.5. The van der Waals surface area contributed by atoms with Crippen LogP contribution in [0.4, 0.5) is 11.9 Å². The molecule has 0 atom stereocenters. The van der Waals surface area contributed by atoms with Gasteiger partial charge in [0.1, 0.15) is 0 Å². The van der Waals surface area contributed by atoms with Crippen LogP contribution < -0.4 is 9.80 Å². The number of aromatic nitrogens is 8. The van der Waals surface area contributed by atoms with Crippen LogP contribution in [-0.2, 0) is 0 Å². The Morgan fingerprint density at radius 1 is 0.824 bits per heavy atom. The topological polar surface area (TPSA) is 93.7 Å². The van der Waals surface area contributed by atoms with E-state index < -0.39 is 7.55 Å². The van der Waals surface area contributed by atoms with E-state index in [0.717, 1.165) is 0 Å². The Hall–Kier alpha value is -2.20. The molecule has 0 N–H and O–H groups in total. The van der Waals surface area contributed by atoms with Gasteiger partial charge in [-0.05, 0) is 0 Å². The van der Waals surface area contributed by atoms with E-state index in [9.17, 15) is 0 Å². The summed E-state index contributed by atoms with van der Waals surface area (Å²) in [6, 6.07) is 0. The third-order valence-corrected chi connectivity index (χ3v) is 2.15. The number of tetrazole rings is 2. The average Bonchev–Trinajstić information content (AvgIpc) is 2.87. The zero-order valence-corrected chi connectivity index (χ0v) is 10.5. The smallest absolute Gasteiger partial charge is 0.261 e. The summed E-state index contributed by atoms with van der Waals surface area (Å²) in [7, 11) is 6.53. The molecule has 2 aromatic rings. The van der Waals surface area contributed by atoms with Crippen LogP contribution in [0.25, 0.3) is 0 Å². The number of hydrogen-bond acceptors (Lipinski definition) is 8. The van der Waals surface area contributed by atoms with Gasteiger partial charge in [0.25, 0.3) is 11.9 Å². The minimum atomic E-state index is -0.913. The summed E-state index contributed by atoms with van der Waals surface area (Å²) in [5.74, 6) is 1.14. The predicted octanol–water partition coefficient (Wildman–Crippen LogP) is -2.81. The molecule has 0 saturated heterocycles. The third kappa shape index (κ3) is 2.49. The number of nitrogens with zero attached hydrogens (tertiary/aromatic N) is 10. The van der Waals surface area contributed by atoms with Gasteiger partial charge in [-0.3, -0.25) is 0 Å². The van der Waals surface area contributed by atoms with E-state index in [4.69, 9.17) is 0 Å². The average molecular weight is 237 g/mol. The van der Waals surface area contributed by atoms with E-state index in [1.807, 2.05) is 28.2 Å². The molecule has 11 heteroatoms. The number of rotatable bonds is 4. The molecule has 10 nitrogen and oxygen atoms in total. The maximum atomic E-state index is 4.19. The van der Waals surface area contributed by atoms with E-state index in [2.05, 4.69) is 30.8 Å². The molecule has 0 amide bonds. The summed E-state index contributed by atoms with van der Waals surface area (Å²) in [6.45, 7) is 0. The molecule has 0 aliphatic heterocycles. The van der Waals surface area contributed by atoms with E-state index in [1.165, 1.54) is 9.42 Å². The van der Waals surface area contributed by atoms with Crippen molar-refractivity contribution in [2.75, 3.05) is 38.0 Å². The fourth-order valence-corrected chi connectivity index (χ4v) is 1.24. The van der Waals surface area contributed by atoms with Crippen LogP contribution in [0.5, 0.6) is 0 Å². The highest BCUT2D eigenvalue weighted by molar-refractivity contribution is 6.29. The second-order valence-electron chi connectivity index (χ2n) is 4.15. The van der Waals surface area contributed by atoms with Gasteiger partial charge in [0.2, 0.25) is 7.55 Å². The summed E-state index contributed by atoms with van der Waals surface area (Å²) >= 11 is 0. The predicted molar refractivity (Wildman–Crippen MR) is 63.6 cm³/mol. The minimum Gasteiger partial charge on any atom is -0.344 e. The lowest BCUT2D eigenvalue weighted by molar-refractivity contribution is 0.713. The fourth-order valence-electron chi connectivity index (χ4n) is 1.24. The van der Waals surface area contributed by atoms with Crippen molar-refractivity contribution in [3.8, 4) is 0 Å². The Morgan fingerprint density at radius 2 is 1.24 bits per heavy atom. The second kappa shape index (κ2) is 4.35. The van der Waals surface area contributed by atoms with Gasteiger partial charge in [0.15, 0.2) is 0 Å². The van der Waals surface area contributed by atoms with Crippen molar-refractivity contribution in [1.82, 2.24) is 40.2 Å². The van der Waals surface area contributed by atoms with Crippen molar-refractivity contribution in [3.63, 3.8) is 0 Å². The normalized spacial score (nSPS) is 10.6. The quantitative estimate of drug-likeness (QED) is 0.526. The van der Waals surface area contributed by atoms with Crippen molar-refractivity contribution < 1.29 is 0 Å². The Kier molecular flexibility index (Phi) is 2.89. The number of hydrogen-bond donors (Lipinski definition) is 0. The van der Waals surface area contributed by atoms with Crippen molar-refractivity contribution >= 4 is 19.4 Å². The van der Waals surface area contributed by atoms with Gasteiger partial charge in [-0.2, -0.15) is 10.2 Å². The van der Waals surface area contributed by atoms with E-state index in [0.29, 0.717) is 11.9 Å². The van der Waals surface area contributed by atoms with E-state index in [-0.39, 0.29) is 0 Å². The Balaban J connectivity index is 2.08. The highest BCUT2D eigenvalue weighted by atomic mass is 15.6. The summed E-state index contributed by atoms with van der Waals surface area (Å²) in [5.41, 5.74) is 0. The first-order chi connectivity index (χ1) is 8.06. The molecule has 0 aromatic carbocycles. The van der Waals surface area contributed by atoms with Crippen molar-refractivity contribution in [2.45, 2.75) is 0 Å². The highest BCUT2D eigenvalue weighted by Crippen LogP contribution is 1.98. The zero-order chi connectivity index (χ0) is 12.4. The molecule has 2 rings (SSSR count). The van der Waals surface area contributed by atoms with Crippen LogP contribution in [0.15, 0.2) is 0 Å². The Morgan fingerprint density at radius 3 is 1.53 bits per heavy atom. The molecule has 0 fully saturated rings. The molecule has 92 valence electrons. The van der Waals surface area contributed by atoms with Gasteiger partial charge in [-0.15, -0.1) is 0 Å². The van der Waals surface area contributed by atoms with Gasteiger partial charge < -0.3 is 19.2 Å². The van der Waals surface area contributed by atoms with Gasteiger partial charge in [-0.1, -0.05) is 20.6 Å². The van der Waals surface area contributed by atoms with Crippen LogP contribution in [0.2, 0.25) is 0 Å². The number of anilines is 2. The molecule has 2 heterocycles. The largest absolute Gasteiger partial charge is 0.344 e. The minimum absolute atomic E-state index is 0.571. The standard InChI is InChI=1S/C6H14BN10/c1-14(2)5-8-12-16(10-5)7-17-11-6(9-13-17)15(3)4/h7H2,1-4H3/q-1. The first-order valence-electron chi connectivity index (χ1n) is 5.22. The molecule has 0 bridgehead atoms.